The monoisotopic (exact) mass is 471 g/mol. The van der Waals surface area contributed by atoms with Crippen LogP contribution in [0.5, 0.6) is 0 Å². The molecule has 34 heavy (non-hydrogen) atoms. The van der Waals surface area contributed by atoms with Crippen LogP contribution in [0.15, 0.2) is 70.3 Å². The number of rotatable bonds is 4. The van der Waals surface area contributed by atoms with Crippen molar-refractivity contribution in [3.05, 3.63) is 94.1 Å². The fourth-order valence-electron chi connectivity index (χ4n) is 4.19. The Morgan fingerprint density at radius 1 is 1.12 bits per heavy atom. The molecule has 0 unspecified atom stereocenters. The van der Waals surface area contributed by atoms with Gasteiger partial charge in [-0.2, -0.15) is 15.1 Å². The van der Waals surface area contributed by atoms with Gasteiger partial charge in [-0.15, -0.1) is 0 Å². The maximum Gasteiger partial charge on any atom is 0.283 e. The van der Waals surface area contributed by atoms with Gasteiger partial charge in [0, 0.05) is 22.6 Å². The molecule has 2 aliphatic heterocycles. The quantitative estimate of drug-likeness (QED) is 0.513. The number of thioether (sulfide) groups is 1. The summed E-state index contributed by atoms with van der Waals surface area (Å²) in [7, 11) is 0. The van der Waals surface area contributed by atoms with Crippen LogP contribution in [0.25, 0.3) is 11.8 Å². The molecule has 1 N–H and O–H groups in total. The lowest BCUT2D eigenvalue weighted by atomic mass is 10.1. The summed E-state index contributed by atoms with van der Waals surface area (Å²) in [5.74, 6) is -0.842. The summed E-state index contributed by atoms with van der Waals surface area (Å²) in [6, 6.07) is 16.2. The standard InChI is InChI=1S/C26H22FN5OS/c1-4-17-7-5-6-8-22(17)31-15(2)13-19(16(31)3)14-21-23(28)32-26(29-24(21)33)34-25(30-32)18-9-11-20(27)12-10-18/h5-14,28H,4H2,1-3H3/b21-14+,28-23?. The van der Waals surface area contributed by atoms with Crippen LogP contribution in [-0.2, 0) is 11.2 Å². The second-order valence-corrected chi connectivity index (χ2v) is 9.03. The average molecular weight is 472 g/mol. The molecule has 0 bridgehead atoms. The summed E-state index contributed by atoms with van der Waals surface area (Å²) >= 11 is 1.19. The number of benzene rings is 2. The van der Waals surface area contributed by atoms with E-state index in [-0.39, 0.29) is 17.2 Å². The zero-order chi connectivity index (χ0) is 24.0. The van der Waals surface area contributed by atoms with Gasteiger partial charge in [0.25, 0.3) is 5.91 Å². The Bertz CT molecular complexity index is 1430. The van der Waals surface area contributed by atoms with Crippen LogP contribution >= 0.6 is 11.8 Å². The van der Waals surface area contributed by atoms with Crippen LogP contribution in [0.4, 0.5) is 4.39 Å². The van der Waals surface area contributed by atoms with E-state index in [4.69, 9.17) is 5.41 Å². The molecule has 8 heteroatoms. The Morgan fingerprint density at radius 3 is 2.59 bits per heavy atom. The maximum absolute atomic E-state index is 13.3. The number of hydrogen-bond acceptors (Lipinski definition) is 4. The number of aliphatic imine (C=N–C) groups is 1. The first kappa shape index (κ1) is 22.0. The maximum atomic E-state index is 13.3. The minimum atomic E-state index is -0.474. The lowest BCUT2D eigenvalue weighted by molar-refractivity contribution is -0.114. The van der Waals surface area contributed by atoms with E-state index in [1.165, 1.54) is 34.5 Å². The Hall–Kier alpha value is -3.78. The van der Waals surface area contributed by atoms with E-state index in [9.17, 15) is 9.18 Å². The van der Waals surface area contributed by atoms with Gasteiger partial charge in [-0.25, -0.2) is 4.39 Å². The first-order valence-electron chi connectivity index (χ1n) is 10.9. The van der Waals surface area contributed by atoms with Crippen molar-refractivity contribution < 1.29 is 9.18 Å². The first-order chi connectivity index (χ1) is 16.4. The van der Waals surface area contributed by atoms with Gasteiger partial charge in [0.2, 0.25) is 5.17 Å². The summed E-state index contributed by atoms with van der Waals surface area (Å²) in [6.07, 6.45) is 2.62. The van der Waals surface area contributed by atoms with E-state index in [1.807, 2.05) is 32.0 Å². The van der Waals surface area contributed by atoms with Crippen molar-refractivity contribution in [2.45, 2.75) is 27.2 Å². The van der Waals surface area contributed by atoms with Gasteiger partial charge in [-0.1, -0.05) is 25.1 Å². The molecule has 0 atom stereocenters. The predicted molar refractivity (Wildman–Crippen MR) is 135 cm³/mol. The second-order valence-electron chi connectivity index (χ2n) is 8.08. The number of hydrogen-bond donors (Lipinski definition) is 1. The van der Waals surface area contributed by atoms with Gasteiger partial charge in [0.1, 0.15) is 10.9 Å². The highest BCUT2D eigenvalue weighted by atomic mass is 32.2. The van der Waals surface area contributed by atoms with E-state index in [2.05, 4.69) is 33.7 Å². The molecule has 1 amide bonds. The number of carbonyl (C=O) groups excluding carboxylic acids is 1. The van der Waals surface area contributed by atoms with Crippen molar-refractivity contribution >= 4 is 39.8 Å². The third kappa shape index (κ3) is 3.70. The molecular weight excluding hydrogens is 449 g/mol. The molecule has 2 aromatic carbocycles. The summed E-state index contributed by atoms with van der Waals surface area (Å²) in [4.78, 5) is 17.0. The summed E-state index contributed by atoms with van der Waals surface area (Å²) in [5.41, 5.74) is 6.09. The smallest absolute Gasteiger partial charge is 0.283 e. The first-order valence-corrected chi connectivity index (χ1v) is 11.7. The van der Waals surface area contributed by atoms with Crippen molar-refractivity contribution in [3.63, 3.8) is 0 Å². The SMILES string of the molecule is CCc1ccccc1-n1c(C)cc(/C=C2\C(=N)N3N=C(c4ccc(F)cc4)SC3=NC2=O)c1C. The van der Waals surface area contributed by atoms with Crippen LogP contribution < -0.4 is 0 Å². The Kier molecular flexibility index (Phi) is 5.53. The normalized spacial score (nSPS) is 16.7. The molecule has 3 aromatic rings. The Morgan fingerprint density at radius 2 is 1.85 bits per heavy atom. The number of nitrogens with one attached hydrogen (secondary N) is 1. The minimum absolute atomic E-state index is 0.0293. The third-order valence-corrected chi connectivity index (χ3v) is 6.89. The number of aryl methyl sites for hydroxylation is 2. The van der Waals surface area contributed by atoms with Gasteiger partial charge in [-0.3, -0.25) is 10.2 Å². The molecular formula is C26H22FN5OS. The molecule has 6 nitrogen and oxygen atoms in total. The van der Waals surface area contributed by atoms with Crippen molar-refractivity contribution in [2.75, 3.05) is 0 Å². The van der Waals surface area contributed by atoms with Gasteiger partial charge < -0.3 is 4.57 Å². The fraction of sp³-hybridized carbons (Fsp3) is 0.154. The van der Waals surface area contributed by atoms with Crippen molar-refractivity contribution in [1.82, 2.24) is 9.58 Å². The van der Waals surface area contributed by atoms with Crippen molar-refractivity contribution in [3.8, 4) is 5.69 Å². The van der Waals surface area contributed by atoms with Crippen LogP contribution in [0.2, 0.25) is 0 Å². The molecule has 3 heterocycles. The zero-order valence-corrected chi connectivity index (χ0v) is 19.8. The van der Waals surface area contributed by atoms with Gasteiger partial charge in [0.15, 0.2) is 5.84 Å². The van der Waals surface area contributed by atoms with E-state index in [0.717, 1.165) is 29.1 Å². The van der Waals surface area contributed by atoms with Crippen molar-refractivity contribution in [1.29, 1.82) is 5.41 Å². The highest BCUT2D eigenvalue weighted by Crippen LogP contribution is 2.32. The molecule has 2 aliphatic rings. The molecule has 0 fully saturated rings. The fourth-order valence-corrected chi connectivity index (χ4v) is 5.09. The third-order valence-electron chi connectivity index (χ3n) is 5.93. The second kappa shape index (κ2) is 8.53. The predicted octanol–water partition coefficient (Wildman–Crippen LogP) is 5.46. The zero-order valence-electron chi connectivity index (χ0n) is 19.0. The number of amidine groups is 2. The van der Waals surface area contributed by atoms with Gasteiger partial charge in [0.05, 0.1) is 5.57 Å². The average Bonchev–Trinajstić information content (AvgIpc) is 3.37. The van der Waals surface area contributed by atoms with Crippen LogP contribution in [0.1, 0.15) is 35.0 Å². The van der Waals surface area contributed by atoms with E-state index in [1.54, 1.807) is 18.2 Å². The van der Waals surface area contributed by atoms with E-state index in [0.29, 0.717) is 15.8 Å². The van der Waals surface area contributed by atoms with Crippen LogP contribution in [0.3, 0.4) is 0 Å². The number of halogens is 1. The van der Waals surface area contributed by atoms with Crippen LogP contribution in [0, 0.1) is 25.1 Å². The number of carbonyl (C=O) groups is 1. The molecule has 1 aromatic heterocycles. The van der Waals surface area contributed by atoms with E-state index >= 15 is 0 Å². The number of nitrogens with zero attached hydrogens (tertiary/aromatic N) is 4. The minimum Gasteiger partial charge on any atom is -0.318 e. The molecule has 0 radical (unpaired) electrons. The Balaban J connectivity index is 1.52. The van der Waals surface area contributed by atoms with Crippen molar-refractivity contribution in [2.24, 2.45) is 10.1 Å². The molecule has 170 valence electrons. The lowest BCUT2D eigenvalue weighted by Crippen LogP contribution is -2.35. The lowest BCUT2D eigenvalue weighted by Gasteiger charge is -2.20. The number of aromatic nitrogens is 1. The highest BCUT2D eigenvalue weighted by Gasteiger charge is 2.36. The number of hydrazone groups is 1. The number of fused-ring (bicyclic) bond motifs is 1. The Labute approximate surface area is 201 Å². The molecule has 0 saturated heterocycles. The molecule has 0 saturated carbocycles. The number of para-hydroxylation sites is 1. The van der Waals surface area contributed by atoms with Crippen LogP contribution in [-0.4, -0.2) is 31.5 Å². The summed E-state index contributed by atoms with van der Waals surface area (Å²) in [6.45, 7) is 6.16. The van der Waals surface area contributed by atoms with Gasteiger partial charge >= 0.3 is 0 Å². The topological polar surface area (TPSA) is 73.8 Å². The largest absolute Gasteiger partial charge is 0.318 e. The summed E-state index contributed by atoms with van der Waals surface area (Å²) in [5, 5.41) is 15.4. The van der Waals surface area contributed by atoms with Gasteiger partial charge in [-0.05, 0) is 85.6 Å². The highest BCUT2D eigenvalue weighted by molar-refractivity contribution is 8.27. The van der Waals surface area contributed by atoms with E-state index < -0.39 is 5.91 Å². The number of amides is 1. The molecule has 5 rings (SSSR count). The molecule has 0 spiro atoms. The molecule has 0 aliphatic carbocycles. The summed E-state index contributed by atoms with van der Waals surface area (Å²) < 4.78 is 15.5.